The highest BCUT2D eigenvalue weighted by atomic mass is 127. The quantitative estimate of drug-likeness (QED) is 0.384. The highest BCUT2D eigenvalue weighted by molar-refractivity contribution is 14.0. The van der Waals surface area contributed by atoms with Crippen LogP contribution in [0.4, 0.5) is 4.39 Å². The zero-order chi connectivity index (χ0) is 17.4. The SMILES string of the molecule is CN=C(NCCC(C)C)NCC1(c2ccc(F)cc2)CCOCC1.I. The summed E-state index contributed by atoms with van der Waals surface area (Å²) in [4.78, 5) is 4.31. The van der Waals surface area contributed by atoms with E-state index in [0.29, 0.717) is 5.92 Å². The Morgan fingerprint density at radius 2 is 1.84 bits per heavy atom. The van der Waals surface area contributed by atoms with Gasteiger partial charge in [0.05, 0.1) is 0 Å². The molecule has 1 aromatic rings. The van der Waals surface area contributed by atoms with Crippen molar-refractivity contribution in [3.8, 4) is 0 Å². The van der Waals surface area contributed by atoms with Gasteiger partial charge in [0.1, 0.15) is 5.82 Å². The summed E-state index contributed by atoms with van der Waals surface area (Å²) in [6.45, 7) is 7.57. The number of halogens is 2. The molecule has 2 N–H and O–H groups in total. The molecule has 1 aromatic carbocycles. The predicted octanol–water partition coefficient (Wildman–Crippen LogP) is 3.70. The van der Waals surface area contributed by atoms with E-state index in [1.807, 2.05) is 12.1 Å². The summed E-state index contributed by atoms with van der Waals surface area (Å²) in [7, 11) is 1.79. The Balaban J connectivity index is 0.00000312. The number of nitrogens with zero attached hydrogens (tertiary/aromatic N) is 1. The third-order valence-corrected chi connectivity index (χ3v) is 4.74. The van der Waals surface area contributed by atoms with Crippen molar-refractivity contribution in [3.05, 3.63) is 35.6 Å². The maximum Gasteiger partial charge on any atom is 0.191 e. The molecule has 2 rings (SSSR count). The van der Waals surface area contributed by atoms with Crippen molar-refractivity contribution in [2.75, 3.05) is 33.4 Å². The lowest BCUT2D eigenvalue weighted by Crippen LogP contribution is -2.48. The van der Waals surface area contributed by atoms with Crippen molar-refractivity contribution < 1.29 is 9.13 Å². The summed E-state index contributed by atoms with van der Waals surface area (Å²) >= 11 is 0. The summed E-state index contributed by atoms with van der Waals surface area (Å²) in [5, 5.41) is 6.82. The normalized spacial score (nSPS) is 17.1. The van der Waals surface area contributed by atoms with Gasteiger partial charge in [-0.3, -0.25) is 4.99 Å². The second-order valence-electron chi connectivity index (χ2n) is 6.93. The molecule has 0 radical (unpaired) electrons. The van der Waals surface area contributed by atoms with E-state index in [9.17, 15) is 4.39 Å². The van der Waals surface area contributed by atoms with Crippen LogP contribution in [0.3, 0.4) is 0 Å². The molecule has 0 amide bonds. The third kappa shape index (κ3) is 6.73. The molecule has 1 heterocycles. The van der Waals surface area contributed by atoms with Gasteiger partial charge in [-0.25, -0.2) is 4.39 Å². The van der Waals surface area contributed by atoms with Crippen LogP contribution in [-0.4, -0.2) is 39.3 Å². The Morgan fingerprint density at radius 1 is 1.20 bits per heavy atom. The van der Waals surface area contributed by atoms with Crippen molar-refractivity contribution in [1.29, 1.82) is 0 Å². The molecule has 0 saturated carbocycles. The molecule has 1 saturated heterocycles. The number of aliphatic imine (C=N–C) groups is 1. The van der Waals surface area contributed by atoms with Crippen LogP contribution in [0.15, 0.2) is 29.3 Å². The van der Waals surface area contributed by atoms with Gasteiger partial charge < -0.3 is 15.4 Å². The Labute approximate surface area is 168 Å². The molecule has 1 aliphatic heterocycles. The van der Waals surface area contributed by atoms with Crippen molar-refractivity contribution in [3.63, 3.8) is 0 Å². The first-order valence-corrected chi connectivity index (χ1v) is 8.84. The first-order valence-electron chi connectivity index (χ1n) is 8.84. The maximum atomic E-state index is 13.3. The third-order valence-electron chi connectivity index (χ3n) is 4.74. The van der Waals surface area contributed by atoms with Crippen LogP contribution >= 0.6 is 24.0 Å². The largest absolute Gasteiger partial charge is 0.381 e. The predicted molar refractivity (Wildman–Crippen MR) is 112 cm³/mol. The Morgan fingerprint density at radius 3 is 2.40 bits per heavy atom. The summed E-state index contributed by atoms with van der Waals surface area (Å²) in [5.41, 5.74) is 1.12. The molecule has 4 nitrogen and oxygen atoms in total. The zero-order valence-corrected chi connectivity index (χ0v) is 17.8. The maximum absolute atomic E-state index is 13.3. The molecular weight excluding hydrogens is 432 g/mol. The van der Waals surface area contributed by atoms with Gasteiger partial charge in [-0.2, -0.15) is 0 Å². The average Bonchev–Trinajstić information content (AvgIpc) is 2.59. The smallest absolute Gasteiger partial charge is 0.191 e. The highest BCUT2D eigenvalue weighted by Gasteiger charge is 2.34. The summed E-state index contributed by atoms with van der Waals surface area (Å²) < 4.78 is 18.8. The highest BCUT2D eigenvalue weighted by Crippen LogP contribution is 2.34. The molecule has 0 aromatic heterocycles. The average molecular weight is 463 g/mol. The first kappa shape index (κ1) is 22.2. The van der Waals surface area contributed by atoms with Crippen molar-refractivity contribution in [1.82, 2.24) is 10.6 Å². The van der Waals surface area contributed by atoms with Gasteiger partial charge >= 0.3 is 0 Å². The fourth-order valence-electron chi connectivity index (χ4n) is 3.09. The van der Waals surface area contributed by atoms with E-state index in [4.69, 9.17) is 4.74 Å². The van der Waals surface area contributed by atoms with E-state index in [2.05, 4.69) is 29.5 Å². The minimum absolute atomic E-state index is 0. The molecule has 0 bridgehead atoms. The van der Waals surface area contributed by atoms with E-state index in [-0.39, 0.29) is 35.2 Å². The number of ether oxygens (including phenoxy) is 1. The fraction of sp³-hybridized carbons (Fsp3) is 0.632. The van der Waals surface area contributed by atoms with Gasteiger partial charge in [0.15, 0.2) is 5.96 Å². The summed E-state index contributed by atoms with van der Waals surface area (Å²) in [6, 6.07) is 6.89. The lowest BCUT2D eigenvalue weighted by Gasteiger charge is -2.38. The van der Waals surface area contributed by atoms with Crippen LogP contribution in [0, 0.1) is 11.7 Å². The van der Waals surface area contributed by atoms with Gasteiger partial charge in [0, 0.05) is 38.8 Å². The number of hydrogen-bond donors (Lipinski definition) is 2. The van der Waals surface area contributed by atoms with Crippen LogP contribution in [0.2, 0.25) is 0 Å². The molecule has 6 heteroatoms. The minimum atomic E-state index is -0.194. The standard InChI is InChI=1S/C19H30FN3O.HI/c1-15(2)8-11-22-18(21-3)23-14-19(9-12-24-13-10-19)16-4-6-17(20)7-5-16;/h4-7,15H,8-14H2,1-3H3,(H2,21,22,23);1H. The Hall–Kier alpha value is -0.890. The molecule has 1 fully saturated rings. The monoisotopic (exact) mass is 463 g/mol. The van der Waals surface area contributed by atoms with Gasteiger partial charge in [-0.05, 0) is 42.9 Å². The van der Waals surface area contributed by atoms with Gasteiger partial charge in [-0.1, -0.05) is 26.0 Å². The zero-order valence-electron chi connectivity index (χ0n) is 15.5. The van der Waals surface area contributed by atoms with E-state index in [1.165, 1.54) is 0 Å². The molecule has 25 heavy (non-hydrogen) atoms. The van der Waals surface area contributed by atoms with Crippen molar-refractivity contribution in [2.45, 2.75) is 38.5 Å². The molecule has 0 aliphatic carbocycles. The lowest BCUT2D eigenvalue weighted by molar-refractivity contribution is 0.0513. The van der Waals surface area contributed by atoms with Crippen LogP contribution in [0.1, 0.15) is 38.7 Å². The second kappa shape index (κ2) is 11.0. The second-order valence-corrected chi connectivity index (χ2v) is 6.93. The topological polar surface area (TPSA) is 45.7 Å². The van der Waals surface area contributed by atoms with Crippen molar-refractivity contribution in [2.24, 2.45) is 10.9 Å². The summed E-state index contributed by atoms with van der Waals surface area (Å²) in [6.07, 6.45) is 2.96. The molecule has 0 unspecified atom stereocenters. The Kier molecular flexibility index (Phi) is 9.71. The molecule has 0 atom stereocenters. The van der Waals surface area contributed by atoms with E-state index in [1.54, 1.807) is 19.2 Å². The van der Waals surface area contributed by atoms with Crippen LogP contribution in [0.25, 0.3) is 0 Å². The fourth-order valence-corrected chi connectivity index (χ4v) is 3.09. The number of nitrogens with one attached hydrogen (secondary N) is 2. The number of hydrogen-bond acceptors (Lipinski definition) is 2. The van der Waals surface area contributed by atoms with Crippen LogP contribution in [-0.2, 0) is 10.2 Å². The van der Waals surface area contributed by atoms with Gasteiger partial charge in [-0.15, -0.1) is 24.0 Å². The van der Waals surface area contributed by atoms with Gasteiger partial charge in [0.25, 0.3) is 0 Å². The van der Waals surface area contributed by atoms with Crippen LogP contribution < -0.4 is 10.6 Å². The van der Waals surface area contributed by atoms with Gasteiger partial charge in [0.2, 0.25) is 0 Å². The molecule has 0 spiro atoms. The van der Waals surface area contributed by atoms with E-state index < -0.39 is 0 Å². The number of guanidine groups is 1. The number of rotatable bonds is 6. The molecule has 1 aliphatic rings. The minimum Gasteiger partial charge on any atom is -0.381 e. The lowest BCUT2D eigenvalue weighted by atomic mass is 9.74. The van der Waals surface area contributed by atoms with E-state index in [0.717, 1.165) is 57.1 Å². The molecule has 142 valence electrons. The van der Waals surface area contributed by atoms with Crippen LogP contribution in [0.5, 0.6) is 0 Å². The van der Waals surface area contributed by atoms with Crippen molar-refractivity contribution >= 4 is 29.9 Å². The number of benzene rings is 1. The first-order chi connectivity index (χ1) is 11.6. The Bertz CT molecular complexity index is 528. The van der Waals surface area contributed by atoms with E-state index >= 15 is 0 Å². The molecular formula is C19H31FIN3O. The summed E-state index contributed by atoms with van der Waals surface area (Å²) in [5.74, 6) is 1.29.